The van der Waals surface area contributed by atoms with Crippen LogP contribution in [-0.2, 0) is 4.79 Å². The molecule has 1 rings (SSSR count). The van der Waals surface area contributed by atoms with Crippen molar-refractivity contribution < 1.29 is 15.0 Å². The minimum Gasteiger partial charge on any atom is -0.396 e. The molecule has 0 atom stereocenters. The predicted octanol–water partition coefficient (Wildman–Crippen LogP) is 0.282. The van der Waals surface area contributed by atoms with Gasteiger partial charge in [0.1, 0.15) is 0 Å². The Labute approximate surface area is 85.3 Å². The first-order chi connectivity index (χ1) is 6.62. The molecule has 1 fully saturated rings. The zero-order valence-corrected chi connectivity index (χ0v) is 9.21. The molecular weight excluding hydrogens is 182 g/mol. The van der Waals surface area contributed by atoms with Crippen LogP contribution in [0.1, 0.15) is 33.6 Å². The third-order valence-corrected chi connectivity index (χ3v) is 2.44. The van der Waals surface area contributed by atoms with Gasteiger partial charge in [0.25, 0.3) is 0 Å². The lowest BCUT2D eigenvalue weighted by Gasteiger charge is -2.45. The molecule has 0 aliphatic heterocycles. The first-order valence-electron chi connectivity index (χ1n) is 5.11. The molecule has 0 aromatic heterocycles. The number of rotatable bonds is 3. The Bertz CT molecular complexity index is 170. The Balaban J connectivity index is 0.000000791. The fourth-order valence-corrected chi connectivity index (χ4v) is 1.68. The van der Waals surface area contributed by atoms with E-state index in [0.29, 0.717) is 12.8 Å². The third-order valence-electron chi connectivity index (χ3n) is 2.44. The number of aliphatic hydroxyl groups excluding tert-OH is 2. The normalized spacial score (nSPS) is 18.9. The fourth-order valence-electron chi connectivity index (χ4n) is 1.68. The van der Waals surface area contributed by atoms with Crippen molar-refractivity contribution >= 4 is 5.91 Å². The molecule has 0 saturated heterocycles. The first kappa shape index (κ1) is 13.4. The van der Waals surface area contributed by atoms with Crippen LogP contribution in [0.5, 0.6) is 0 Å². The summed E-state index contributed by atoms with van der Waals surface area (Å²) in [6.45, 7) is 5.47. The summed E-state index contributed by atoms with van der Waals surface area (Å²) in [4.78, 5) is 10.6. The molecule has 1 saturated carbocycles. The quantitative estimate of drug-likeness (QED) is 0.617. The highest BCUT2D eigenvalue weighted by Crippen LogP contribution is 2.39. The summed E-state index contributed by atoms with van der Waals surface area (Å²) in [5.41, 5.74) is -0.340. The third kappa shape index (κ3) is 3.27. The van der Waals surface area contributed by atoms with E-state index in [1.54, 1.807) is 0 Å². The molecule has 0 bridgehead atoms. The largest absolute Gasteiger partial charge is 0.396 e. The molecular formula is C10H21NO3. The van der Waals surface area contributed by atoms with Crippen molar-refractivity contribution in [1.82, 2.24) is 5.32 Å². The lowest BCUT2D eigenvalue weighted by atomic mass is 9.66. The Morgan fingerprint density at radius 1 is 1.36 bits per heavy atom. The monoisotopic (exact) mass is 203 g/mol. The van der Waals surface area contributed by atoms with Gasteiger partial charge < -0.3 is 15.5 Å². The molecule has 0 spiro atoms. The van der Waals surface area contributed by atoms with Gasteiger partial charge in [0.2, 0.25) is 5.91 Å². The second-order valence-corrected chi connectivity index (χ2v) is 3.62. The lowest BCUT2D eigenvalue weighted by Crippen LogP contribution is -2.53. The minimum absolute atomic E-state index is 0.000412. The van der Waals surface area contributed by atoms with Crippen molar-refractivity contribution in [1.29, 1.82) is 0 Å². The summed E-state index contributed by atoms with van der Waals surface area (Å²) in [5.74, 6) is -0.0514. The predicted molar refractivity (Wildman–Crippen MR) is 54.8 cm³/mol. The van der Waals surface area contributed by atoms with Crippen molar-refractivity contribution in [2.45, 2.75) is 39.7 Å². The number of hydrogen-bond donors (Lipinski definition) is 3. The average Bonchev–Trinajstić information content (AvgIpc) is 2.13. The van der Waals surface area contributed by atoms with Crippen LogP contribution in [0.25, 0.3) is 0 Å². The molecule has 0 aromatic rings. The maximum atomic E-state index is 10.6. The van der Waals surface area contributed by atoms with E-state index < -0.39 is 0 Å². The summed E-state index contributed by atoms with van der Waals surface area (Å²) in [5, 5.41) is 20.6. The minimum atomic E-state index is -0.340. The molecule has 0 unspecified atom stereocenters. The summed E-state index contributed by atoms with van der Waals surface area (Å²) in [7, 11) is 0. The highest BCUT2D eigenvalue weighted by molar-refractivity contribution is 5.73. The maximum absolute atomic E-state index is 10.6. The van der Waals surface area contributed by atoms with Gasteiger partial charge in [0.15, 0.2) is 0 Å². The van der Waals surface area contributed by atoms with Crippen LogP contribution >= 0.6 is 0 Å². The molecule has 14 heavy (non-hydrogen) atoms. The summed E-state index contributed by atoms with van der Waals surface area (Å²) < 4.78 is 0. The van der Waals surface area contributed by atoms with E-state index in [1.165, 1.54) is 6.92 Å². The van der Waals surface area contributed by atoms with Gasteiger partial charge in [-0.05, 0) is 12.8 Å². The highest BCUT2D eigenvalue weighted by Gasteiger charge is 2.43. The summed E-state index contributed by atoms with van der Waals surface area (Å²) in [6, 6.07) is 0.141. The zero-order valence-electron chi connectivity index (χ0n) is 9.21. The standard InChI is InChI=1S/C8H15NO3.C2H6/c1-6(12)9-7-2-8(3-7,4-10)5-11;1-2/h7,10-11H,2-5H2,1H3,(H,9,12);1-2H3. The Hall–Kier alpha value is -0.610. The van der Waals surface area contributed by atoms with Crippen molar-refractivity contribution in [3.63, 3.8) is 0 Å². The van der Waals surface area contributed by atoms with E-state index in [0.717, 1.165) is 0 Å². The van der Waals surface area contributed by atoms with Gasteiger partial charge in [0.05, 0.1) is 13.2 Å². The molecule has 0 aromatic carbocycles. The van der Waals surface area contributed by atoms with Crippen LogP contribution in [0.15, 0.2) is 0 Å². The van der Waals surface area contributed by atoms with Gasteiger partial charge in [0, 0.05) is 18.4 Å². The Kier molecular flexibility index (Phi) is 5.72. The van der Waals surface area contributed by atoms with Crippen LogP contribution in [0.3, 0.4) is 0 Å². The molecule has 1 aliphatic rings. The second-order valence-electron chi connectivity index (χ2n) is 3.62. The van der Waals surface area contributed by atoms with Crippen molar-refractivity contribution in [2.24, 2.45) is 5.41 Å². The molecule has 1 aliphatic carbocycles. The molecule has 0 heterocycles. The van der Waals surface area contributed by atoms with Gasteiger partial charge >= 0.3 is 0 Å². The molecule has 1 amide bonds. The van der Waals surface area contributed by atoms with Crippen molar-refractivity contribution in [3.8, 4) is 0 Å². The number of amides is 1. The number of carbonyl (C=O) groups is 1. The number of carbonyl (C=O) groups excluding carboxylic acids is 1. The fraction of sp³-hybridized carbons (Fsp3) is 0.900. The molecule has 3 N–H and O–H groups in total. The van der Waals surface area contributed by atoms with Gasteiger partial charge in [-0.15, -0.1) is 0 Å². The zero-order chi connectivity index (χ0) is 11.2. The van der Waals surface area contributed by atoms with Crippen LogP contribution < -0.4 is 5.32 Å². The van der Waals surface area contributed by atoms with Crippen LogP contribution in [0.2, 0.25) is 0 Å². The molecule has 0 radical (unpaired) electrons. The maximum Gasteiger partial charge on any atom is 0.217 e. The van der Waals surface area contributed by atoms with E-state index >= 15 is 0 Å². The molecule has 84 valence electrons. The van der Waals surface area contributed by atoms with Gasteiger partial charge in [-0.3, -0.25) is 4.79 Å². The van der Waals surface area contributed by atoms with E-state index in [4.69, 9.17) is 10.2 Å². The second kappa shape index (κ2) is 5.98. The van der Waals surface area contributed by atoms with Crippen LogP contribution in [0.4, 0.5) is 0 Å². The molecule has 4 heteroatoms. The van der Waals surface area contributed by atoms with E-state index in [2.05, 4.69) is 5.32 Å². The van der Waals surface area contributed by atoms with Crippen molar-refractivity contribution in [2.75, 3.05) is 13.2 Å². The van der Waals surface area contributed by atoms with E-state index in [9.17, 15) is 4.79 Å². The molecule has 4 nitrogen and oxygen atoms in total. The number of nitrogens with one attached hydrogen (secondary N) is 1. The SMILES string of the molecule is CC.CC(=O)NC1CC(CO)(CO)C1. The van der Waals surface area contributed by atoms with Gasteiger partial charge in [-0.2, -0.15) is 0 Å². The highest BCUT2D eigenvalue weighted by atomic mass is 16.3. The number of aliphatic hydroxyl groups is 2. The first-order valence-corrected chi connectivity index (χ1v) is 5.11. The smallest absolute Gasteiger partial charge is 0.217 e. The van der Waals surface area contributed by atoms with Crippen LogP contribution in [-0.4, -0.2) is 35.4 Å². The van der Waals surface area contributed by atoms with Gasteiger partial charge in [-0.1, -0.05) is 13.8 Å². The number of hydrogen-bond acceptors (Lipinski definition) is 3. The topological polar surface area (TPSA) is 69.6 Å². The van der Waals surface area contributed by atoms with Crippen LogP contribution in [0, 0.1) is 5.41 Å². The van der Waals surface area contributed by atoms with Gasteiger partial charge in [-0.25, -0.2) is 0 Å². The lowest BCUT2D eigenvalue weighted by molar-refractivity contribution is -0.122. The summed E-state index contributed by atoms with van der Waals surface area (Å²) >= 11 is 0. The van der Waals surface area contributed by atoms with E-state index in [-0.39, 0.29) is 30.6 Å². The van der Waals surface area contributed by atoms with Crippen molar-refractivity contribution in [3.05, 3.63) is 0 Å². The average molecular weight is 203 g/mol. The Morgan fingerprint density at radius 2 is 1.79 bits per heavy atom. The summed E-state index contributed by atoms with van der Waals surface area (Å²) in [6.07, 6.45) is 1.36. The Morgan fingerprint density at radius 3 is 2.07 bits per heavy atom. The van der Waals surface area contributed by atoms with E-state index in [1.807, 2.05) is 13.8 Å².